The first kappa shape index (κ1) is 12.9. The molecule has 2 spiro atoms. The van der Waals surface area contributed by atoms with Crippen LogP contribution in [0.5, 0.6) is 0 Å². The van der Waals surface area contributed by atoms with Crippen molar-refractivity contribution in [1.82, 2.24) is 0 Å². The fourth-order valence-electron chi connectivity index (χ4n) is 3.77. The van der Waals surface area contributed by atoms with Gasteiger partial charge in [-0.1, -0.05) is 13.3 Å². The summed E-state index contributed by atoms with van der Waals surface area (Å²) in [5, 5.41) is 0. The summed E-state index contributed by atoms with van der Waals surface area (Å²) in [4.78, 5) is 0. The van der Waals surface area contributed by atoms with Crippen molar-refractivity contribution in [3.63, 3.8) is 0 Å². The van der Waals surface area contributed by atoms with Gasteiger partial charge in [0.1, 0.15) is 0 Å². The Kier molecular flexibility index (Phi) is 3.65. The van der Waals surface area contributed by atoms with Gasteiger partial charge in [-0.05, 0) is 37.5 Å². The van der Waals surface area contributed by atoms with Crippen LogP contribution in [0.2, 0.25) is 0 Å². The minimum absolute atomic E-state index is 0.195. The highest BCUT2D eigenvalue weighted by Crippen LogP contribution is 2.55. The van der Waals surface area contributed by atoms with Crippen molar-refractivity contribution in [2.24, 2.45) is 5.41 Å². The van der Waals surface area contributed by atoms with Gasteiger partial charge in [0.15, 0.2) is 5.79 Å². The Morgan fingerprint density at radius 3 is 2.33 bits per heavy atom. The first-order valence-electron chi connectivity index (χ1n) is 7.65. The van der Waals surface area contributed by atoms with Crippen molar-refractivity contribution in [2.75, 3.05) is 19.8 Å². The van der Waals surface area contributed by atoms with Crippen LogP contribution in [0.15, 0.2) is 0 Å². The molecule has 0 aromatic rings. The van der Waals surface area contributed by atoms with Gasteiger partial charge in [-0.25, -0.2) is 0 Å². The highest BCUT2D eigenvalue weighted by atomic mass is 16.7. The van der Waals surface area contributed by atoms with Crippen molar-refractivity contribution in [2.45, 2.75) is 70.2 Å². The molecule has 1 aliphatic heterocycles. The lowest BCUT2D eigenvalue weighted by Gasteiger charge is -2.52. The molecule has 3 heteroatoms. The van der Waals surface area contributed by atoms with E-state index < -0.39 is 0 Å². The summed E-state index contributed by atoms with van der Waals surface area (Å²) in [6.07, 6.45) is 10.2. The molecule has 0 aromatic heterocycles. The molecule has 0 aromatic carbocycles. The van der Waals surface area contributed by atoms with Gasteiger partial charge in [0, 0.05) is 19.4 Å². The lowest BCUT2D eigenvalue weighted by atomic mass is 9.58. The van der Waals surface area contributed by atoms with Crippen molar-refractivity contribution < 1.29 is 14.2 Å². The molecule has 1 heterocycles. The molecule has 2 aliphatic carbocycles. The minimum atomic E-state index is -0.195. The normalized spacial score (nSPS) is 29.8. The molecule has 3 fully saturated rings. The Morgan fingerprint density at radius 2 is 1.72 bits per heavy atom. The maximum Gasteiger partial charge on any atom is 0.168 e. The van der Waals surface area contributed by atoms with Crippen LogP contribution in [0, 0.1) is 5.41 Å². The SMILES string of the molecule is CCCCOC1CC2(CCC3(CC2)OCCO3)C1. The van der Waals surface area contributed by atoms with E-state index in [2.05, 4.69) is 6.92 Å². The van der Waals surface area contributed by atoms with Gasteiger partial charge in [-0.2, -0.15) is 0 Å². The van der Waals surface area contributed by atoms with Crippen molar-refractivity contribution in [1.29, 1.82) is 0 Å². The fourth-order valence-corrected chi connectivity index (χ4v) is 3.77. The van der Waals surface area contributed by atoms with E-state index in [0.717, 1.165) is 32.7 Å². The van der Waals surface area contributed by atoms with Gasteiger partial charge < -0.3 is 14.2 Å². The van der Waals surface area contributed by atoms with E-state index in [1.54, 1.807) is 0 Å². The summed E-state index contributed by atoms with van der Waals surface area (Å²) in [5.41, 5.74) is 0.567. The molecule has 2 saturated carbocycles. The Labute approximate surface area is 110 Å². The van der Waals surface area contributed by atoms with Crippen LogP contribution >= 0.6 is 0 Å². The second kappa shape index (κ2) is 5.10. The average Bonchev–Trinajstić information content (AvgIpc) is 2.79. The van der Waals surface area contributed by atoms with Gasteiger partial charge in [0.05, 0.1) is 19.3 Å². The standard InChI is InChI=1S/C15H26O3/c1-2-3-8-16-13-11-14(12-13)4-6-15(7-5-14)17-9-10-18-15/h13H,2-12H2,1H3. The van der Waals surface area contributed by atoms with Crippen molar-refractivity contribution in [3.8, 4) is 0 Å². The molecule has 3 aliphatic rings. The Morgan fingerprint density at radius 1 is 1.06 bits per heavy atom. The third kappa shape index (κ3) is 2.45. The number of hydrogen-bond acceptors (Lipinski definition) is 3. The topological polar surface area (TPSA) is 27.7 Å². The van der Waals surface area contributed by atoms with E-state index in [1.807, 2.05) is 0 Å². The van der Waals surface area contributed by atoms with Crippen LogP contribution < -0.4 is 0 Å². The van der Waals surface area contributed by atoms with E-state index in [0.29, 0.717) is 11.5 Å². The molecule has 0 atom stereocenters. The molecular formula is C15H26O3. The second-order valence-electron chi connectivity index (χ2n) is 6.36. The first-order chi connectivity index (χ1) is 8.76. The summed E-state index contributed by atoms with van der Waals surface area (Å²) >= 11 is 0. The van der Waals surface area contributed by atoms with Gasteiger partial charge in [-0.15, -0.1) is 0 Å². The van der Waals surface area contributed by atoms with Crippen LogP contribution in [0.1, 0.15) is 58.3 Å². The molecule has 0 unspecified atom stereocenters. The second-order valence-corrected chi connectivity index (χ2v) is 6.36. The largest absolute Gasteiger partial charge is 0.378 e. The van der Waals surface area contributed by atoms with E-state index >= 15 is 0 Å². The predicted molar refractivity (Wildman–Crippen MR) is 69.4 cm³/mol. The number of hydrogen-bond donors (Lipinski definition) is 0. The molecule has 3 rings (SSSR count). The smallest absolute Gasteiger partial charge is 0.168 e. The maximum atomic E-state index is 5.90. The summed E-state index contributed by atoms with van der Waals surface area (Å²) in [6.45, 7) is 4.74. The Hall–Kier alpha value is -0.120. The zero-order chi connectivity index (χ0) is 12.5. The van der Waals surface area contributed by atoms with Crippen molar-refractivity contribution in [3.05, 3.63) is 0 Å². The van der Waals surface area contributed by atoms with Crippen LogP contribution in [0.3, 0.4) is 0 Å². The van der Waals surface area contributed by atoms with Gasteiger partial charge in [0.2, 0.25) is 0 Å². The summed E-state index contributed by atoms with van der Waals surface area (Å²) in [5.74, 6) is -0.195. The highest BCUT2D eigenvalue weighted by Gasteiger charge is 2.51. The number of unbranched alkanes of at least 4 members (excludes halogenated alkanes) is 1. The van der Waals surface area contributed by atoms with E-state index in [4.69, 9.17) is 14.2 Å². The third-order valence-electron chi connectivity index (χ3n) is 5.06. The Balaban J connectivity index is 1.41. The average molecular weight is 254 g/mol. The zero-order valence-corrected chi connectivity index (χ0v) is 11.6. The van der Waals surface area contributed by atoms with Gasteiger partial charge in [-0.3, -0.25) is 0 Å². The molecular weight excluding hydrogens is 228 g/mol. The lowest BCUT2D eigenvalue weighted by molar-refractivity contribution is -0.211. The lowest BCUT2D eigenvalue weighted by Crippen LogP contribution is -2.49. The quantitative estimate of drug-likeness (QED) is 0.721. The van der Waals surface area contributed by atoms with Crippen LogP contribution in [0.25, 0.3) is 0 Å². The molecule has 104 valence electrons. The predicted octanol–water partition coefficient (Wildman–Crippen LogP) is 3.27. The molecule has 3 nitrogen and oxygen atoms in total. The van der Waals surface area contributed by atoms with E-state index in [9.17, 15) is 0 Å². The summed E-state index contributed by atoms with van der Waals surface area (Å²) < 4.78 is 17.5. The maximum absolute atomic E-state index is 5.90. The molecule has 0 N–H and O–H groups in total. The monoisotopic (exact) mass is 254 g/mol. The Bertz CT molecular complexity index is 265. The third-order valence-corrected chi connectivity index (χ3v) is 5.06. The molecule has 0 radical (unpaired) electrons. The van der Waals surface area contributed by atoms with Crippen LogP contribution in [-0.2, 0) is 14.2 Å². The summed E-state index contributed by atoms with van der Waals surface area (Å²) in [6, 6.07) is 0. The minimum Gasteiger partial charge on any atom is -0.378 e. The fraction of sp³-hybridized carbons (Fsp3) is 1.00. The summed E-state index contributed by atoms with van der Waals surface area (Å²) in [7, 11) is 0. The van der Waals surface area contributed by atoms with E-state index in [-0.39, 0.29) is 5.79 Å². The highest BCUT2D eigenvalue weighted by molar-refractivity contribution is 5.00. The van der Waals surface area contributed by atoms with Gasteiger partial charge >= 0.3 is 0 Å². The number of rotatable bonds is 4. The molecule has 0 amide bonds. The zero-order valence-electron chi connectivity index (χ0n) is 11.6. The van der Waals surface area contributed by atoms with Gasteiger partial charge in [0.25, 0.3) is 0 Å². The molecule has 0 bridgehead atoms. The van der Waals surface area contributed by atoms with E-state index in [1.165, 1.54) is 38.5 Å². The van der Waals surface area contributed by atoms with Crippen LogP contribution in [0.4, 0.5) is 0 Å². The molecule has 1 saturated heterocycles. The van der Waals surface area contributed by atoms with Crippen molar-refractivity contribution >= 4 is 0 Å². The van der Waals surface area contributed by atoms with Crippen LogP contribution in [-0.4, -0.2) is 31.7 Å². The molecule has 18 heavy (non-hydrogen) atoms. The number of ether oxygens (including phenoxy) is 3. The first-order valence-corrected chi connectivity index (χ1v) is 7.65.